The zero-order valence-electron chi connectivity index (χ0n) is 10.9. The van der Waals surface area contributed by atoms with Gasteiger partial charge in [0.15, 0.2) is 0 Å². The molecule has 0 aliphatic carbocycles. The summed E-state index contributed by atoms with van der Waals surface area (Å²) in [6, 6.07) is 3.08. The van der Waals surface area contributed by atoms with Crippen LogP contribution in [0.1, 0.15) is 19.8 Å². The quantitative estimate of drug-likeness (QED) is 0.836. The lowest BCUT2D eigenvalue weighted by atomic mass is 10.2. The summed E-state index contributed by atoms with van der Waals surface area (Å²) in [5.74, 6) is 1.72. The van der Waals surface area contributed by atoms with Crippen molar-refractivity contribution < 1.29 is 8.42 Å². The molecular formula is C12H19N3O2S2. The van der Waals surface area contributed by atoms with Gasteiger partial charge in [0.2, 0.25) is 10.0 Å². The lowest BCUT2D eigenvalue weighted by Gasteiger charge is -2.11. The topological polar surface area (TPSA) is 71.1 Å². The van der Waals surface area contributed by atoms with Crippen molar-refractivity contribution in [3.05, 3.63) is 18.3 Å². The first-order chi connectivity index (χ1) is 9.12. The average Bonchev–Trinajstić information content (AvgIpc) is 2.90. The molecule has 7 heteroatoms. The van der Waals surface area contributed by atoms with E-state index in [1.807, 2.05) is 18.7 Å². The fraction of sp³-hybridized carbons (Fsp3) is 0.583. The van der Waals surface area contributed by atoms with Crippen molar-refractivity contribution in [3.63, 3.8) is 0 Å². The highest BCUT2D eigenvalue weighted by Gasteiger charge is 2.20. The minimum absolute atomic E-state index is 0.265. The summed E-state index contributed by atoms with van der Waals surface area (Å²) < 4.78 is 27.0. The van der Waals surface area contributed by atoms with E-state index >= 15 is 0 Å². The molecule has 19 heavy (non-hydrogen) atoms. The van der Waals surface area contributed by atoms with E-state index in [1.54, 1.807) is 6.07 Å². The van der Waals surface area contributed by atoms with Gasteiger partial charge in [0.25, 0.3) is 0 Å². The van der Waals surface area contributed by atoms with Crippen LogP contribution >= 0.6 is 11.8 Å². The molecule has 0 spiro atoms. The molecule has 1 aliphatic heterocycles. The first-order valence-electron chi connectivity index (χ1n) is 6.43. The predicted octanol–water partition coefficient (Wildman–Crippen LogP) is 1.69. The van der Waals surface area contributed by atoms with Gasteiger partial charge >= 0.3 is 0 Å². The number of nitrogens with zero attached hydrogens (tertiary/aromatic N) is 1. The highest BCUT2D eigenvalue weighted by Crippen LogP contribution is 2.25. The van der Waals surface area contributed by atoms with Gasteiger partial charge in [-0.2, -0.15) is 11.8 Å². The molecule has 2 heterocycles. The summed E-state index contributed by atoms with van der Waals surface area (Å²) in [5, 5.41) is 3.42. The van der Waals surface area contributed by atoms with Gasteiger partial charge in [-0.25, -0.2) is 18.1 Å². The van der Waals surface area contributed by atoms with E-state index in [0.717, 1.165) is 12.2 Å². The Morgan fingerprint density at radius 1 is 1.53 bits per heavy atom. The second-order valence-corrected chi connectivity index (χ2v) is 7.57. The minimum atomic E-state index is -3.43. The number of anilines is 1. The van der Waals surface area contributed by atoms with Gasteiger partial charge in [-0.05, 0) is 31.6 Å². The van der Waals surface area contributed by atoms with E-state index in [-0.39, 0.29) is 4.90 Å². The van der Waals surface area contributed by atoms with Gasteiger partial charge in [0.1, 0.15) is 5.82 Å². The van der Waals surface area contributed by atoms with Gasteiger partial charge in [0, 0.05) is 30.6 Å². The van der Waals surface area contributed by atoms with Crippen LogP contribution in [0.4, 0.5) is 5.82 Å². The van der Waals surface area contributed by atoms with Crippen LogP contribution in [-0.2, 0) is 10.0 Å². The van der Waals surface area contributed by atoms with Crippen LogP contribution in [0.25, 0.3) is 0 Å². The highest BCUT2D eigenvalue weighted by molar-refractivity contribution is 8.00. The number of rotatable bonds is 6. The summed E-state index contributed by atoms with van der Waals surface area (Å²) in [7, 11) is -3.43. The minimum Gasteiger partial charge on any atom is -0.370 e. The third kappa shape index (κ3) is 4.09. The van der Waals surface area contributed by atoms with Gasteiger partial charge in [0.05, 0.1) is 4.90 Å². The molecule has 5 nitrogen and oxygen atoms in total. The second kappa shape index (κ2) is 6.58. The molecule has 1 fully saturated rings. The predicted molar refractivity (Wildman–Crippen MR) is 79.1 cm³/mol. The fourth-order valence-corrected chi connectivity index (χ4v) is 4.35. The summed E-state index contributed by atoms with van der Waals surface area (Å²) in [5.41, 5.74) is 0. The highest BCUT2D eigenvalue weighted by atomic mass is 32.2. The molecule has 1 aromatic heterocycles. The number of aromatic nitrogens is 1. The number of hydrogen-bond donors (Lipinski definition) is 2. The Morgan fingerprint density at radius 2 is 2.37 bits per heavy atom. The number of nitrogens with one attached hydrogen (secondary N) is 2. The molecule has 1 atom stereocenters. The largest absolute Gasteiger partial charge is 0.370 e. The maximum absolute atomic E-state index is 12.2. The maximum atomic E-state index is 12.2. The van der Waals surface area contributed by atoms with Crippen molar-refractivity contribution >= 4 is 27.6 Å². The SMILES string of the molecule is CCNc1cc(S(=O)(=O)NCC2CCCS2)ccn1. The Morgan fingerprint density at radius 3 is 3.05 bits per heavy atom. The van der Waals surface area contributed by atoms with Gasteiger partial charge in [-0.3, -0.25) is 0 Å². The first-order valence-corrected chi connectivity index (χ1v) is 8.96. The number of thioether (sulfide) groups is 1. The molecule has 1 aliphatic rings. The van der Waals surface area contributed by atoms with Crippen LogP contribution in [0.5, 0.6) is 0 Å². The van der Waals surface area contributed by atoms with Gasteiger partial charge < -0.3 is 5.32 Å². The van der Waals surface area contributed by atoms with E-state index in [1.165, 1.54) is 18.7 Å². The van der Waals surface area contributed by atoms with Gasteiger partial charge in [-0.15, -0.1) is 0 Å². The molecule has 2 rings (SSSR count). The summed E-state index contributed by atoms with van der Waals surface area (Å²) in [4.78, 5) is 4.34. The normalized spacial score (nSPS) is 19.5. The Labute approximate surface area is 118 Å². The summed E-state index contributed by atoms with van der Waals surface area (Å²) in [6.45, 7) is 3.16. The summed E-state index contributed by atoms with van der Waals surface area (Å²) >= 11 is 1.84. The summed E-state index contributed by atoms with van der Waals surface area (Å²) in [6.07, 6.45) is 3.78. The van der Waals surface area contributed by atoms with E-state index in [9.17, 15) is 8.42 Å². The fourth-order valence-electron chi connectivity index (χ4n) is 1.95. The molecule has 1 aromatic rings. The lowest BCUT2D eigenvalue weighted by Crippen LogP contribution is -2.29. The number of hydrogen-bond acceptors (Lipinski definition) is 5. The molecule has 0 radical (unpaired) electrons. The number of sulfonamides is 1. The van der Waals surface area contributed by atoms with Crippen LogP contribution in [0, 0.1) is 0 Å². The maximum Gasteiger partial charge on any atom is 0.240 e. The Hall–Kier alpha value is -0.790. The molecule has 0 aromatic carbocycles. The molecular weight excluding hydrogens is 282 g/mol. The second-order valence-electron chi connectivity index (χ2n) is 4.39. The van der Waals surface area contributed by atoms with Crippen LogP contribution in [0.2, 0.25) is 0 Å². The Bertz CT molecular complexity index is 513. The van der Waals surface area contributed by atoms with Crippen molar-refractivity contribution in [2.24, 2.45) is 0 Å². The van der Waals surface area contributed by atoms with E-state index in [0.29, 0.717) is 24.2 Å². The van der Waals surface area contributed by atoms with Crippen molar-refractivity contribution in [2.45, 2.75) is 29.9 Å². The van der Waals surface area contributed by atoms with Crippen molar-refractivity contribution in [1.82, 2.24) is 9.71 Å². The van der Waals surface area contributed by atoms with Gasteiger partial charge in [-0.1, -0.05) is 0 Å². The molecule has 0 saturated carbocycles. The molecule has 0 bridgehead atoms. The molecule has 1 unspecified atom stereocenters. The zero-order valence-corrected chi connectivity index (χ0v) is 12.6. The van der Waals surface area contributed by atoms with Crippen LogP contribution in [-0.4, -0.2) is 37.5 Å². The van der Waals surface area contributed by atoms with Crippen LogP contribution < -0.4 is 10.0 Å². The van der Waals surface area contributed by atoms with E-state index in [4.69, 9.17) is 0 Å². The van der Waals surface area contributed by atoms with Crippen LogP contribution in [0.15, 0.2) is 23.2 Å². The molecule has 1 saturated heterocycles. The lowest BCUT2D eigenvalue weighted by molar-refractivity contribution is 0.579. The Balaban J connectivity index is 2.03. The van der Waals surface area contributed by atoms with E-state index in [2.05, 4.69) is 15.0 Å². The van der Waals surface area contributed by atoms with Crippen LogP contribution in [0.3, 0.4) is 0 Å². The third-order valence-electron chi connectivity index (χ3n) is 2.92. The molecule has 106 valence electrons. The smallest absolute Gasteiger partial charge is 0.240 e. The molecule has 2 N–H and O–H groups in total. The monoisotopic (exact) mass is 301 g/mol. The average molecular weight is 301 g/mol. The van der Waals surface area contributed by atoms with Crippen molar-refractivity contribution in [1.29, 1.82) is 0 Å². The molecule has 0 amide bonds. The number of pyridine rings is 1. The third-order valence-corrected chi connectivity index (χ3v) is 5.74. The van der Waals surface area contributed by atoms with E-state index < -0.39 is 10.0 Å². The first kappa shape index (κ1) is 14.6. The zero-order chi connectivity index (χ0) is 13.7. The standard InChI is InChI=1S/C12H19N3O2S2/c1-2-13-12-8-11(5-6-14-12)19(16,17)15-9-10-4-3-7-18-10/h5-6,8,10,15H,2-4,7,9H2,1H3,(H,13,14). The Kier molecular flexibility index (Phi) is 5.06. The van der Waals surface area contributed by atoms with Crippen molar-refractivity contribution in [2.75, 3.05) is 24.2 Å². The van der Waals surface area contributed by atoms with Crippen molar-refractivity contribution in [3.8, 4) is 0 Å².